The Morgan fingerprint density at radius 1 is 1.12 bits per heavy atom. The van der Waals surface area contributed by atoms with Gasteiger partial charge in [0, 0.05) is 19.0 Å². The maximum absolute atomic E-state index is 13.6. The Morgan fingerprint density at radius 2 is 1.82 bits per heavy atom. The first-order valence-electron chi connectivity index (χ1n) is 11.8. The van der Waals surface area contributed by atoms with Crippen LogP contribution in [-0.2, 0) is 16.0 Å². The van der Waals surface area contributed by atoms with Gasteiger partial charge in [0.05, 0.1) is 6.04 Å². The van der Waals surface area contributed by atoms with Gasteiger partial charge in [-0.25, -0.2) is 4.39 Å². The van der Waals surface area contributed by atoms with Gasteiger partial charge in [0.2, 0.25) is 5.91 Å². The molecule has 1 heterocycles. The predicted molar refractivity (Wildman–Crippen MR) is 127 cm³/mol. The van der Waals surface area contributed by atoms with Crippen LogP contribution in [0.5, 0.6) is 5.75 Å². The van der Waals surface area contributed by atoms with Gasteiger partial charge in [-0.15, -0.1) is 0 Å². The molecule has 0 aromatic heterocycles. The molecule has 178 valence electrons. The zero-order valence-electron chi connectivity index (χ0n) is 20.2. The van der Waals surface area contributed by atoms with E-state index in [0.717, 1.165) is 23.1 Å². The lowest BCUT2D eigenvalue weighted by Gasteiger charge is -2.39. The van der Waals surface area contributed by atoms with E-state index in [1.165, 1.54) is 12.1 Å². The van der Waals surface area contributed by atoms with Crippen LogP contribution in [0.25, 0.3) is 0 Å². The fraction of sp³-hybridized carbons (Fsp3) is 0.481. The summed E-state index contributed by atoms with van der Waals surface area (Å²) in [7, 11) is 0. The molecular weight excluding hydrogens is 419 g/mol. The molecule has 6 heteroatoms. The van der Waals surface area contributed by atoms with Crippen LogP contribution < -0.4 is 10.1 Å². The normalized spacial score (nSPS) is 16.5. The van der Waals surface area contributed by atoms with Crippen LogP contribution in [0.15, 0.2) is 42.5 Å². The Hall–Kier alpha value is -2.89. The van der Waals surface area contributed by atoms with E-state index in [2.05, 4.69) is 5.32 Å². The zero-order chi connectivity index (χ0) is 24.1. The second kappa shape index (κ2) is 10.8. The number of rotatable bonds is 8. The van der Waals surface area contributed by atoms with Crippen molar-refractivity contribution in [2.75, 3.05) is 13.1 Å². The van der Waals surface area contributed by atoms with E-state index >= 15 is 0 Å². The molecule has 2 aromatic carbocycles. The highest BCUT2D eigenvalue weighted by atomic mass is 19.1. The van der Waals surface area contributed by atoms with Crippen LogP contribution >= 0.6 is 0 Å². The molecule has 2 aromatic rings. The summed E-state index contributed by atoms with van der Waals surface area (Å²) in [6.07, 6.45) is 0.682. The van der Waals surface area contributed by atoms with Crippen molar-refractivity contribution in [1.82, 2.24) is 10.2 Å². The molecule has 0 saturated carbocycles. The van der Waals surface area contributed by atoms with Crippen LogP contribution in [0.1, 0.15) is 63.8 Å². The largest absolute Gasteiger partial charge is 0.481 e. The number of ether oxygens (including phenoxy) is 1. The lowest BCUT2D eigenvalue weighted by Crippen LogP contribution is -2.42. The van der Waals surface area contributed by atoms with Crippen molar-refractivity contribution in [2.24, 2.45) is 11.8 Å². The number of benzene rings is 2. The second-order valence-electron chi connectivity index (χ2n) is 9.40. The van der Waals surface area contributed by atoms with E-state index in [1.54, 1.807) is 12.1 Å². The number of nitrogens with zero attached hydrogens (tertiary/aromatic N) is 1. The topological polar surface area (TPSA) is 58.6 Å². The van der Waals surface area contributed by atoms with E-state index < -0.39 is 6.10 Å². The van der Waals surface area contributed by atoms with Crippen molar-refractivity contribution in [3.63, 3.8) is 0 Å². The Balaban J connectivity index is 1.95. The summed E-state index contributed by atoms with van der Waals surface area (Å²) in [5.74, 6) is 0.411. The van der Waals surface area contributed by atoms with Gasteiger partial charge < -0.3 is 15.0 Å². The van der Waals surface area contributed by atoms with E-state index in [1.807, 2.05) is 57.7 Å². The fourth-order valence-electron chi connectivity index (χ4n) is 4.15. The Bertz CT molecular complexity index is 972. The van der Waals surface area contributed by atoms with Gasteiger partial charge in [0.25, 0.3) is 5.91 Å². The van der Waals surface area contributed by atoms with Crippen molar-refractivity contribution in [1.29, 1.82) is 0 Å². The van der Waals surface area contributed by atoms with E-state index in [9.17, 15) is 14.0 Å². The number of carbonyl (C=O) groups is 2. The highest BCUT2D eigenvalue weighted by Gasteiger charge is 2.33. The minimum atomic E-state index is -0.594. The highest BCUT2D eigenvalue weighted by molar-refractivity contribution is 5.81. The number of fused-ring (bicyclic) bond motifs is 1. The van der Waals surface area contributed by atoms with Crippen LogP contribution in [0.3, 0.4) is 0 Å². The average molecular weight is 455 g/mol. The van der Waals surface area contributed by atoms with Crippen LogP contribution in [0.2, 0.25) is 0 Å². The summed E-state index contributed by atoms with van der Waals surface area (Å²) in [4.78, 5) is 27.5. The molecule has 2 atom stereocenters. The molecule has 0 fully saturated rings. The third-order valence-electron chi connectivity index (χ3n) is 5.93. The molecule has 1 aliphatic heterocycles. The average Bonchev–Trinajstić information content (AvgIpc) is 2.80. The fourth-order valence-corrected chi connectivity index (χ4v) is 4.15. The molecule has 2 amide bonds. The molecule has 5 nitrogen and oxygen atoms in total. The number of hydrogen-bond acceptors (Lipinski definition) is 3. The summed E-state index contributed by atoms with van der Waals surface area (Å²) < 4.78 is 19.7. The van der Waals surface area contributed by atoms with Gasteiger partial charge >= 0.3 is 0 Å². The third kappa shape index (κ3) is 5.92. The van der Waals surface area contributed by atoms with Gasteiger partial charge in [-0.2, -0.15) is 0 Å². The van der Waals surface area contributed by atoms with Gasteiger partial charge in [-0.3, -0.25) is 9.59 Å². The summed E-state index contributed by atoms with van der Waals surface area (Å²) >= 11 is 0. The van der Waals surface area contributed by atoms with Crippen LogP contribution in [-0.4, -0.2) is 35.9 Å². The summed E-state index contributed by atoms with van der Waals surface area (Å²) in [5.41, 5.74) is 2.93. The molecule has 0 bridgehead atoms. The molecule has 0 aliphatic carbocycles. The minimum absolute atomic E-state index is 0.0563. The summed E-state index contributed by atoms with van der Waals surface area (Å²) in [5, 5.41) is 2.94. The van der Waals surface area contributed by atoms with Crippen molar-refractivity contribution in [2.45, 2.75) is 59.6 Å². The quantitative estimate of drug-likeness (QED) is 0.618. The van der Waals surface area contributed by atoms with Gasteiger partial charge in [0.1, 0.15) is 11.6 Å². The molecule has 0 spiro atoms. The van der Waals surface area contributed by atoms with E-state index in [0.29, 0.717) is 31.2 Å². The van der Waals surface area contributed by atoms with Crippen LogP contribution in [0.4, 0.5) is 4.39 Å². The van der Waals surface area contributed by atoms with Crippen molar-refractivity contribution >= 4 is 11.8 Å². The van der Waals surface area contributed by atoms with Crippen molar-refractivity contribution in [3.8, 4) is 5.75 Å². The summed E-state index contributed by atoms with van der Waals surface area (Å²) in [6, 6.07) is 11.8. The Morgan fingerprint density at radius 3 is 2.42 bits per heavy atom. The molecule has 33 heavy (non-hydrogen) atoms. The summed E-state index contributed by atoms with van der Waals surface area (Å²) in [6.45, 7) is 11.0. The van der Waals surface area contributed by atoms with Crippen LogP contribution in [0, 0.1) is 17.7 Å². The molecule has 3 rings (SSSR count). The third-order valence-corrected chi connectivity index (χ3v) is 5.93. The number of amides is 2. The first-order chi connectivity index (χ1) is 15.7. The van der Waals surface area contributed by atoms with Crippen molar-refractivity contribution in [3.05, 3.63) is 65.0 Å². The Kier molecular flexibility index (Phi) is 8.11. The molecule has 0 radical (unpaired) electrons. The lowest BCUT2D eigenvalue weighted by molar-refractivity contribution is -0.136. The molecule has 1 aliphatic rings. The van der Waals surface area contributed by atoms with Gasteiger partial charge in [0.15, 0.2) is 6.10 Å². The standard InChI is InChI=1S/C27H35FN2O3/c1-6-24(26(31)29-16-17(2)3)33-22-12-9-19-13-14-30(27(32)18(4)5)25(23(19)15-22)20-7-10-21(28)11-8-20/h7-12,15,17-18,24-25H,6,13-14,16H2,1-5H3,(H,29,31)/t24-,25+/m1/s1. The molecule has 0 unspecified atom stereocenters. The number of halogens is 1. The number of carbonyl (C=O) groups excluding carboxylic acids is 2. The first kappa shape index (κ1) is 24.7. The highest BCUT2D eigenvalue weighted by Crippen LogP contribution is 2.38. The maximum Gasteiger partial charge on any atom is 0.261 e. The van der Waals surface area contributed by atoms with E-state index in [4.69, 9.17) is 4.74 Å². The maximum atomic E-state index is 13.6. The molecular formula is C27H35FN2O3. The second-order valence-corrected chi connectivity index (χ2v) is 9.40. The van der Waals surface area contributed by atoms with Gasteiger partial charge in [-0.05, 0) is 59.7 Å². The first-order valence-corrected chi connectivity index (χ1v) is 11.8. The predicted octanol–water partition coefficient (Wildman–Crippen LogP) is 4.89. The zero-order valence-corrected chi connectivity index (χ0v) is 20.2. The number of hydrogen-bond donors (Lipinski definition) is 1. The smallest absolute Gasteiger partial charge is 0.261 e. The minimum Gasteiger partial charge on any atom is -0.481 e. The lowest BCUT2D eigenvalue weighted by atomic mass is 9.87. The molecule has 0 saturated heterocycles. The van der Waals surface area contributed by atoms with Gasteiger partial charge in [-0.1, -0.05) is 52.8 Å². The monoisotopic (exact) mass is 454 g/mol. The Labute approximate surface area is 196 Å². The SMILES string of the molecule is CC[C@@H](Oc1ccc2c(c1)[C@H](c1ccc(F)cc1)N(C(=O)C(C)C)CC2)C(=O)NCC(C)C. The van der Waals surface area contributed by atoms with E-state index in [-0.39, 0.29) is 29.6 Å². The molecule has 1 N–H and O–H groups in total. The number of nitrogens with one attached hydrogen (secondary N) is 1. The van der Waals surface area contributed by atoms with Crippen molar-refractivity contribution < 1.29 is 18.7 Å².